The molecule has 0 bridgehead atoms. The zero-order valence-corrected chi connectivity index (χ0v) is 12.5. The lowest BCUT2D eigenvalue weighted by Gasteiger charge is -2.11. The molecule has 2 rings (SSSR count). The average molecular weight is 275 g/mol. The first-order valence-electron chi connectivity index (χ1n) is 6.88. The van der Waals surface area contributed by atoms with E-state index in [1.165, 1.54) is 25.5 Å². The van der Waals surface area contributed by atoms with Crippen molar-refractivity contribution in [2.45, 2.75) is 33.1 Å². The number of ether oxygens (including phenoxy) is 2. The van der Waals surface area contributed by atoms with Crippen molar-refractivity contribution < 1.29 is 14.6 Å². The van der Waals surface area contributed by atoms with Crippen LogP contribution in [0.3, 0.4) is 0 Å². The Labute approximate surface area is 119 Å². The SMILES string of the molecule is CCC1=C(CC)N=C(c2cc(OC)c(O)c(OC)c2)C1. The second-order valence-electron chi connectivity index (χ2n) is 4.72. The Morgan fingerprint density at radius 1 is 1.10 bits per heavy atom. The van der Waals surface area contributed by atoms with Crippen molar-refractivity contribution in [1.82, 2.24) is 0 Å². The van der Waals surface area contributed by atoms with E-state index in [1.54, 1.807) is 0 Å². The lowest BCUT2D eigenvalue weighted by atomic mass is 10.0. The van der Waals surface area contributed by atoms with Gasteiger partial charge >= 0.3 is 0 Å². The van der Waals surface area contributed by atoms with Crippen molar-refractivity contribution >= 4 is 5.71 Å². The second-order valence-corrected chi connectivity index (χ2v) is 4.72. The number of hydrogen-bond acceptors (Lipinski definition) is 4. The highest BCUT2D eigenvalue weighted by Gasteiger charge is 2.20. The van der Waals surface area contributed by atoms with E-state index in [0.717, 1.165) is 30.5 Å². The minimum atomic E-state index is 0.0248. The van der Waals surface area contributed by atoms with Gasteiger partial charge in [0, 0.05) is 17.7 Å². The first-order valence-corrected chi connectivity index (χ1v) is 6.88. The molecule has 1 aromatic rings. The summed E-state index contributed by atoms with van der Waals surface area (Å²) in [5, 5.41) is 9.95. The van der Waals surface area contributed by atoms with Gasteiger partial charge in [0.15, 0.2) is 11.5 Å². The van der Waals surface area contributed by atoms with Gasteiger partial charge in [-0.25, -0.2) is 0 Å². The minimum Gasteiger partial charge on any atom is -0.502 e. The van der Waals surface area contributed by atoms with Crippen molar-refractivity contribution in [2.24, 2.45) is 4.99 Å². The van der Waals surface area contributed by atoms with Crippen molar-refractivity contribution in [3.05, 3.63) is 29.0 Å². The van der Waals surface area contributed by atoms with Gasteiger partial charge in [0.25, 0.3) is 0 Å². The Hall–Kier alpha value is -1.97. The molecule has 4 nitrogen and oxygen atoms in total. The summed E-state index contributed by atoms with van der Waals surface area (Å²) in [6.07, 6.45) is 2.82. The van der Waals surface area contributed by atoms with E-state index in [9.17, 15) is 5.11 Å². The summed E-state index contributed by atoms with van der Waals surface area (Å²) in [4.78, 5) is 4.71. The maximum absolute atomic E-state index is 9.95. The molecule has 1 heterocycles. The zero-order chi connectivity index (χ0) is 14.7. The molecule has 108 valence electrons. The van der Waals surface area contributed by atoms with Gasteiger partial charge in [0.1, 0.15) is 0 Å². The average Bonchev–Trinajstić information content (AvgIpc) is 2.90. The normalized spacial score (nSPS) is 14.5. The summed E-state index contributed by atoms with van der Waals surface area (Å²) in [6.45, 7) is 4.27. The number of nitrogens with zero attached hydrogens (tertiary/aromatic N) is 1. The predicted molar refractivity (Wildman–Crippen MR) is 80.0 cm³/mol. The Morgan fingerprint density at radius 2 is 1.70 bits per heavy atom. The van der Waals surface area contributed by atoms with Gasteiger partial charge in [0.2, 0.25) is 5.75 Å². The predicted octanol–water partition coefficient (Wildman–Crippen LogP) is 3.68. The van der Waals surface area contributed by atoms with Crippen molar-refractivity contribution in [3.63, 3.8) is 0 Å². The van der Waals surface area contributed by atoms with Crippen LogP contribution in [0.15, 0.2) is 28.4 Å². The Morgan fingerprint density at radius 3 is 2.10 bits per heavy atom. The molecule has 0 spiro atoms. The summed E-state index contributed by atoms with van der Waals surface area (Å²) in [7, 11) is 3.06. The van der Waals surface area contributed by atoms with Crippen LogP contribution in [0.1, 0.15) is 38.7 Å². The molecule has 4 heteroatoms. The molecule has 0 aromatic heterocycles. The molecule has 0 atom stereocenters. The number of aliphatic imine (C=N–C) groups is 1. The molecule has 1 aromatic carbocycles. The number of phenols is 1. The standard InChI is InChI=1S/C16H21NO3/c1-5-10-7-13(17-12(10)6-2)11-8-14(19-3)16(18)15(9-11)20-4/h8-9,18H,5-7H2,1-4H3. The topological polar surface area (TPSA) is 51.0 Å². The van der Waals surface area contributed by atoms with Crippen LogP contribution in [0, 0.1) is 0 Å². The lowest BCUT2D eigenvalue weighted by Crippen LogP contribution is -2.00. The Balaban J connectivity index is 2.41. The van der Waals surface area contributed by atoms with E-state index >= 15 is 0 Å². The maximum Gasteiger partial charge on any atom is 0.200 e. The molecule has 0 unspecified atom stereocenters. The van der Waals surface area contributed by atoms with E-state index in [-0.39, 0.29) is 5.75 Å². The molecule has 0 saturated heterocycles. The number of aromatic hydroxyl groups is 1. The fraction of sp³-hybridized carbons (Fsp3) is 0.438. The highest BCUT2D eigenvalue weighted by Crippen LogP contribution is 2.39. The molecule has 1 aliphatic heterocycles. The van der Waals surface area contributed by atoms with Gasteiger partial charge in [0.05, 0.1) is 19.9 Å². The molecule has 0 aliphatic carbocycles. The number of phenolic OH excluding ortho intramolecular Hbond substituents is 1. The number of allylic oxidation sites excluding steroid dienone is 2. The van der Waals surface area contributed by atoms with Crippen LogP contribution in [0.25, 0.3) is 0 Å². The van der Waals surface area contributed by atoms with Crippen molar-refractivity contribution in [2.75, 3.05) is 14.2 Å². The third-order valence-electron chi connectivity index (χ3n) is 3.63. The quantitative estimate of drug-likeness (QED) is 0.891. The van der Waals surface area contributed by atoms with Gasteiger partial charge in [-0.05, 0) is 30.5 Å². The molecule has 1 aliphatic rings. The molecule has 0 radical (unpaired) electrons. The molecule has 1 N–H and O–H groups in total. The molecule has 0 amide bonds. The third-order valence-corrected chi connectivity index (χ3v) is 3.63. The number of benzene rings is 1. The van der Waals surface area contributed by atoms with Gasteiger partial charge in [-0.1, -0.05) is 13.8 Å². The van der Waals surface area contributed by atoms with Gasteiger partial charge < -0.3 is 14.6 Å². The second kappa shape index (κ2) is 5.99. The van der Waals surface area contributed by atoms with Crippen LogP contribution in [-0.2, 0) is 0 Å². The van der Waals surface area contributed by atoms with E-state index < -0.39 is 0 Å². The van der Waals surface area contributed by atoms with E-state index in [0.29, 0.717) is 11.5 Å². The summed E-state index contributed by atoms with van der Waals surface area (Å²) < 4.78 is 10.4. The lowest BCUT2D eigenvalue weighted by molar-refractivity contribution is 0.340. The molecule has 0 fully saturated rings. The van der Waals surface area contributed by atoms with Crippen molar-refractivity contribution in [3.8, 4) is 17.2 Å². The van der Waals surface area contributed by atoms with Crippen molar-refractivity contribution in [1.29, 1.82) is 0 Å². The first-order chi connectivity index (χ1) is 9.64. The summed E-state index contributed by atoms with van der Waals surface area (Å²) in [6, 6.07) is 3.62. The fourth-order valence-corrected chi connectivity index (χ4v) is 2.47. The maximum atomic E-state index is 9.95. The Bertz CT molecular complexity index is 548. The Kier molecular flexibility index (Phi) is 4.32. The molecular weight excluding hydrogens is 254 g/mol. The van der Waals surface area contributed by atoms with E-state index in [1.807, 2.05) is 12.1 Å². The van der Waals surface area contributed by atoms with Gasteiger partial charge in [-0.2, -0.15) is 0 Å². The van der Waals surface area contributed by atoms with Crippen LogP contribution in [0.4, 0.5) is 0 Å². The van der Waals surface area contributed by atoms with Crippen LogP contribution < -0.4 is 9.47 Å². The molecule has 0 saturated carbocycles. The zero-order valence-electron chi connectivity index (χ0n) is 12.5. The molecule has 20 heavy (non-hydrogen) atoms. The van der Waals surface area contributed by atoms with Gasteiger partial charge in [-0.3, -0.25) is 4.99 Å². The van der Waals surface area contributed by atoms with E-state index in [2.05, 4.69) is 13.8 Å². The highest BCUT2D eigenvalue weighted by atomic mass is 16.5. The number of methoxy groups -OCH3 is 2. The third kappa shape index (κ3) is 2.50. The number of hydrogen-bond donors (Lipinski definition) is 1. The minimum absolute atomic E-state index is 0.0248. The summed E-state index contributed by atoms with van der Waals surface area (Å²) >= 11 is 0. The summed E-state index contributed by atoms with van der Waals surface area (Å²) in [5.74, 6) is 0.840. The highest BCUT2D eigenvalue weighted by molar-refractivity contribution is 6.05. The smallest absolute Gasteiger partial charge is 0.200 e. The van der Waals surface area contributed by atoms with Crippen LogP contribution in [0.5, 0.6) is 17.2 Å². The van der Waals surface area contributed by atoms with Crippen LogP contribution in [-0.4, -0.2) is 25.0 Å². The van der Waals surface area contributed by atoms with Gasteiger partial charge in [-0.15, -0.1) is 0 Å². The van der Waals surface area contributed by atoms with E-state index in [4.69, 9.17) is 14.5 Å². The monoisotopic (exact) mass is 275 g/mol. The van der Waals surface area contributed by atoms with Crippen LogP contribution >= 0.6 is 0 Å². The largest absolute Gasteiger partial charge is 0.502 e. The molecular formula is C16H21NO3. The van der Waals surface area contributed by atoms with Crippen LogP contribution in [0.2, 0.25) is 0 Å². The fourth-order valence-electron chi connectivity index (χ4n) is 2.47. The first kappa shape index (κ1) is 14.4. The number of rotatable bonds is 5. The summed E-state index contributed by atoms with van der Waals surface area (Å²) in [5.41, 5.74) is 4.50.